The van der Waals surface area contributed by atoms with E-state index in [2.05, 4.69) is 5.32 Å². The van der Waals surface area contributed by atoms with Gasteiger partial charge in [-0.05, 0) is 12.8 Å². The average Bonchev–Trinajstić information content (AvgIpc) is 2.04. The molecule has 1 heterocycles. The van der Waals surface area contributed by atoms with Gasteiger partial charge in [0.25, 0.3) is 0 Å². The highest BCUT2D eigenvalue weighted by molar-refractivity contribution is 5.89. The SMILES string of the molecule is O=C1C=C(O)[C@H]2CCCC[C@H]2N1. The molecule has 66 valence electrons. The molecule has 1 saturated carbocycles. The van der Waals surface area contributed by atoms with Gasteiger partial charge in [0.2, 0.25) is 5.91 Å². The van der Waals surface area contributed by atoms with Crippen LogP contribution >= 0.6 is 0 Å². The predicted octanol–water partition coefficient (Wildman–Crippen LogP) is 1.12. The molecule has 0 radical (unpaired) electrons. The molecule has 3 heteroatoms. The third-order valence-electron chi connectivity index (χ3n) is 2.75. The van der Waals surface area contributed by atoms with Gasteiger partial charge in [0.05, 0.1) is 0 Å². The number of carbonyl (C=O) groups excluding carboxylic acids is 1. The summed E-state index contributed by atoms with van der Waals surface area (Å²) in [7, 11) is 0. The first-order valence-electron chi connectivity index (χ1n) is 4.48. The minimum Gasteiger partial charge on any atom is -0.512 e. The van der Waals surface area contributed by atoms with E-state index in [1.54, 1.807) is 0 Å². The molecule has 3 nitrogen and oxygen atoms in total. The van der Waals surface area contributed by atoms with Gasteiger partial charge in [-0.15, -0.1) is 0 Å². The van der Waals surface area contributed by atoms with Crippen molar-refractivity contribution in [3.63, 3.8) is 0 Å². The van der Waals surface area contributed by atoms with Crippen molar-refractivity contribution in [1.82, 2.24) is 5.32 Å². The molecule has 0 unspecified atom stereocenters. The van der Waals surface area contributed by atoms with Gasteiger partial charge in [0.15, 0.2) is 0 Å². The topological polar surface area (TPSA) is 49.3 Å². The molecular weight excluding hydrogens is 154 g/mol. The van der Waals surface area contributed by atoms with Crippen molar-refractivity contribution in [3.05, 3.63) is 11.8 Å². The van der Waals surface area contributed by atoms with Crippen LogP contribution in [0.15, 0.2) is 11.8 Å². The summed E-state index contributed by atoms with van der Waals surface area (Å²) in [5.74, 6) is 0.329. The Balaban J connectivity index is 2.19. The molecule has 2 aliphatic rings. The van der Waals surface area contributed by atoms with Crippen LogP contribution < -0.4 is 5.32 Å². The number of rotatable bonds is 0. The standard InChI is InChI=1S/C9H13NO2/c11-8-5-9(12)10-7-4-2-1-3-6(7)8/h5-7,11H,1-4H2,(H,10,12)/t6-,7+/m0/s1. The number of fused-ring (bicyclic) bond motifs is 1. The molecule has 2 atom stereocenters. The molecule has 2 rings (SSSR count). The minimum absolute atomic E-state index is 0.143. The van der Waals surface area contributed by atoms with Gasteiger partial charge in [-0.3, -0.25) is 4.79 Å². The lowest BCUT2D eigenvalue weighted by Crippen LogP contribution is -2.45. The van der Waals surface area contributed by atoms with E-state index in [0.29, 0.717) is 0 Å². The van der Waals surface area contributed by atoms with Crippen molar-refractivity contribution in [3.8, 4) is 0 Å². The normalized spacial score (nSPS) is 35.0. The number of hydrogen-bond donors (Lipinski definition) is 2. The highest BCUT2D eigenvalue weighted by atomic mass is 16.3. The van der Waals surface area contributed by atoms with E-state index in [4.69, 9.17) is 0 Å². The Kier molecular flexibility index (Phi) is 1.79. The minimum atomic E-state index is -0.143. The largest absolute Gasteiger partial charge is 0.512 e. The monoisotopic (exact) mass is 167 g/mol. The molecule has 0 spiro atoms. The van der Waals surface area contributed by atoms with Crippen LogP contribution in [0, 0.1) is 5.92 Å². The van der Waals surface area contributed by atoms with Gasteiger partial charge in [-0.2, -0.15) is 0 Å². The number of aliphatic hydroxyl groups is 1. The quantitative estimate of drug-likeness (QED) is 0.568. The van der Waals surface area contributed by atoms with E-state index in [9.17, 15) is 9.90 Å². The first-order chi connectivity index (χ1) is 5.77. The second-order valence-electron chi connectivity index (χ2n) is 3.58. The number of aliphatic hydroxyl groups excluding tert-OH is 1. The highest BCUT2D eigenvalue weighted by Crippen LogP contribution is 2.30. The van der Waals surface area contributed by atoms with Crippen LogP contribution in [0.5, 0.6) is 0 Å². The molecule has 0 saturated heterocycles. The van der Waals surface area contributed by atoms with Gasteiger partial charge in [-0.1, -0.05) is 12.8 Å². The van der Waals surface area contributed by atoms with E-state index in [-0.39, 0.29) is 23.6 Å². The molecule has 0 bridgehead atoms. The van der Waals surface area contributed by atoms with Crippen LogP contribution in [0.4, 0.5) is 0 Å². The van der Waals surface area contributed by atoms with Crippen molar-refractivity contribution in [2.75, 3.05) is 0 Å². The lowest BCUT2D eigenvalue weighted by molar-refractivity contribution is -0.118. The van der Waals surface area contributed by atoms with Crippen LogP contribution in [0.2, 0.25) is 0 Å². The van der Waals surface area contributed by atoms with Gasteiger partial charge in [0.1, 0.15) is 5.76 Å². The predicted molar refractivity (Wildman–Crippen MR) is 44.6 cm³/mol. The van der Waals surface area contributed by atoms with E-state index in [0.717, 1.165) is 25.7 Å². The molecule has 1 amide bonds. The van der Waals surface area contributed by atoms with Gasteiger partial charge >= 0.3 is 0 Å². The molecule has 1 aliphatic carbocycles. The lowest BCUT2D eigenvalue weighted by Gasteiger charge is -2.34. The Morgan fingerprint density at radius 3 is 3.00 bits per heavy atom. The van der Waals surface area contributed by atoms with Crippen LogP contribution in [-0.2, 0) is 4.79 Å². The molecule has 0 aromatic heterocycles. The molecule has 12 heavy (non-hydrogen) atoms. The van der Waals surface area contributed by atoms with Crippen LogP contribution in [0.1, 0.15) is 25.7 Å². The van der Waals surface area contributed by atoms with Gasteiger partial charge in [-0.25, -0.2) is 0 Å². The third-order valence-corrected chi connectivity index (χ3v) is 2.75. The Morgan fingerprint density at radius 1 is 1.42 bits per heavy atom. The van der Waals surface area contributed by atoms with Crippen molar-refractivity contribution >= 4 is 5.91 Å². The molecule has 1 aliphatic heterocycles. The van der Waals surface area contributed by atoms with Crippen molar-refractivity contribution < 1.29 is 9.90 Å². The number of nitrogens with one attached hydrogen (secondary N) is 1. The fraction of sp³-hybridized carbons (Fsp3) is 0.667. The third kappa shape index (κ3) is 1.19. The molecule has 2 N–H and O–H groups in total. The van der Waals surface area contributed by atoms with Gasteiger partial charge < -0.3 is 10.4 Å². The summed E-state index contributed by atoms with van der Waals surface area (Å²) in [5.41, 5.74) is 0. The number of carbonyl (C=O) groups is 1. The number of amides is 1. The smallest absolute Gasteiger partial charge is 0.247 e. The number of hydrogen-bond acceptors (Lipinski definition) is 2. The van der Waals surface area contributed by atoms with Crippen LogP contribution in [0.25, 0.3) is 0 Å². The summed E-state index contributed by atoms with van der Waals surface area (Å²) < 4.78 is 0. The fourth-order valence-corrected chi connectivity index (χ4v) is 2.12. The first-order valence-corrected chi connectivity index (χ1v) is 4.48. The van der Waals surface area contributed by atoms with Crippen LogP contribution in [0.3, 0.4) is 0 Å². The summed E-state index contributed by atoms with van der Waals surface area (Å²) >= 11 is 0. The van der Waals surface area contributed by atoms with Crippen molar-refractivity contribution in [1.29, 1.82) is 0 Å². The summed E-state index contributed by atoms with van der Waals surface area (Å²) in [4.78, 5) is 11.0. The zero-order chi connectivity index (χ0) is 8.55. The summed E-state index contributed by atoms with van der Waals surface area (Å²) in [6.45, 7) is 0. The molecule has 1 fully saturated rings. The molecular formula is C9H13NO2. The maximum Gasteiger partial charge on any atom is 0.247 e. The van der Waals surface area contributed by atoms with Crippen molar-refractivity contribution in [2.45, 2.75) is 31.7 Å². The van der Waals surface area contributed by atoms with E-state index in [1.165, 1.54) is 6.08 Å². The molecule has 0 aromatic carbocycles. The van der Waals surface area contributed by atoms with E-state index >= 15 is 0 Å². The Bertz CT molecular complexity index is 235. The maximum atomic E-state index is 11.0. The second-order valence-corrected chi connectivity index (χ2v) is 3.58. The summed E-state index contributed by atoms with van der Waals surface area (Å²) in [6, 6.07) is 0.191. The van der Waals surface area contributed by atoms with Crippen LogP contribution in [-0.4, -0.2) is 17.1 Å². The highest BCUT2D eigenvalue weighted by Gasteiger charge is 2.32. The summed E-state index contributed by atoms with van der Waals surface area (Å²) in [6.07, 6.45) is 5.65. The molecule has 0 aromatic rings. The fourth-order valence-electron chi connectivity index (χ4n) is 2.12. The Hall–Kier alpha value is -0.990. The maximum absolute atomic E-state index is 11.0. The van der Waals surface area contributed by atoms with E-state index < -0.39 is 0 Å². The lowest BCUT2D eigenvalue weighted by atomic mass is 9.81. The second kappa shape index (κ2) is 2.81. The van der Waals surface area contributed by atoms with Crippen molar-refractivity contribution in [2.24, 2.45) is 5.92 Å². The Morgan fingerprint density at radius 2 is 2.17 bits per heavy atom. The zero-order valence-electron chi connectivity index (χ0n) is 6.92. The zero-order valence-corrected chi connectivity index (χ0v) is 6.92. The average molecular weight is 167 g/mol. The van der Waals surface area contributed by atoms with Gasteiger partial charge in [0, 0.05) is 18.0 Å². The van der Waals surface area contributed by atoms with E-state index in [1.807, 2.05) is 0 Å². The summed E-state index contributed by atoms with van der Waals surface area (Å²) in [5, 5.41) is 12.3. The first kappa shape index (κ1) is 7.65. The Labute approximate surface area is 71.5 Å².